The number of sulfone groups is 1. The van der Waals surface area contributed by atoms with Crippen LogP contribution in [0.25, 0.3) is 10.9 Å². The van der Waals surface area contributed by atoms with Crippen molar-refractivity contribution in [3.05, 3.63) is 21.8 Å². The average molecular weight is 315 g/mol. The van der Waals surface area contributed by atoms with Crippen molar-refractivity contribution in [2.24, 2.45) is 0 Å². The van der Waals surface area contributed by atoms with Crippen LogP contribution in [0, 0.1) is 6.92 Å². The summed E-state index contributed by atoms with van der Waals surface area (Å²) in [6, 6.07) is 0. The van der Waals surface area contributed by atoms with Crippen molar-refractivity contribution in [1.29, 1.82) is 0 Å². The Kier molecular flexibility index (Phi) is 3.81. The topological polar surface area (TPSA) is 132 Å². The Balaban J connectivity index is 2.48. The van der Waals surface area contributed by atoms with Gasteiger partial charge in [0.2, 0.25) is 0 Å². The highest BCUT2D eigenvalue weighted by Gasteiger charge is 2.21. The Morgan fingerprint density at radius 3 is 2.67 bits per heavy atom. The Labute approximate surface area is 119 Å². The zero-order valence-electron chi connectivity index (χ0n) is 11.4. The number of carbonyl (C=O) groups is 1. The third kappa shape index (κ3) is 3.10. The molecule has 0 unspecified atom stereocenters. The zero-order valence-corrected chi connectivity index (χ0v) is 12.2. The molecule has 0 aliphatic carbocycles. The van der Waals surface area contributed by atoms with E-state index in [-0.39, 0.29) is 41.1 Å². The van der Waals surface area contributed by atoms with Gasteiger partial charge in [0.1, 0.15) is 15.6 Å². The van der Waals surface area contributed by atoms with Crippen LogP contribution in [0.2, 0.25) is 0 Å². The second-order valence-corrected chi connectivity index (χ2v) is 6.89. The molecular weight excluding hydrogens is 302 g/mol. The van der Waals surface area contributed by atoms with Crippen molar-refractivity contribution in [2.75, 3.05) is 12.0 Å². The normalized spacial score (nSPS) is 11.9. The number of rotatable bonds is 5. The molecule has 0 amide bonds. The molecule has 2 heterocycles. The molecule has 10 heteroatoms. The molecule has 2 aromatic rings. The van der Waals surface area contributed by atoms with Crippen LogP contribution in [0.5, 0.6) is 0 Å². The van der Waals surface area contributed by atoms with E-state index in [0.29, 0.717) is 0 Å². The first-order valence-electron chi connectivity index (χ1n) is 5.99. The second kappa shape index (κ2) is 5.28. The molecule has 0 aliphatic rings. The first-order chi connectivity index (χ1) is 9.70. The predicted molar refractivity (Wildman–Crippen MR) is 72.1 cm³/mol. The minimum atomic E-state index is -3.17. The summed E-state index contributed by atoms with van der Waals surface area (Å²) in [5, 5.41) is 16.5. The minimum Gasteiger partial charge on any atom is -0.476 e. The summed E-state index contributed by atoms with van der Waals surface area (Å²) >= 11 is 0. The molecule has 0 radical (unpaired) electrons. The van der Waals surface area contributed by atoms with Gasteiger partial charge in [0.05, 0.1) is 11.1 Å². The second-order valence-electron chi connectivity index (χ2n) is 4.63. The highest BCUT2D eigenvalue weighted by Crippen LogP contribution is 2.17. The van der Waals surface area contributed by atoms with E-state index in [0.717, 1.165) is 10.9 Å². The fourth-order valence-electron chi connectivity index (χ4n) is 1.91. The van der Waals surface area contributed by atoms with Crippen LogP contribution in [0.15, 0.2) is 9.32 Å². The summed E-state index contributed by atoms with van der Waals surface area (Å²) < 4.78 is 27.9. The van der Waals surface area contributed by atoms with Crippen LogP contribution in [0.1, 0.15) is 22.7 Å². The van der Waals surface area contributed by atoms with Crippen molar-refractivity contribution in [3.8, 4) is 0 Å². The van der Waals surface area contributed by atoms with E-state index in [1.54, 1.807) is 0 Å². The van der Waals surface area contributed by atoms with Crippen LogP contribution in [-0.4, -0.2) is 46.4 Å². The van der Waals surface area contributed by atoms with Crippen molar-refractivity contribution < 1.29 is 22.8 Å². The molecule has 2 rings (SSSR count). The lowest BCUT2D eigenvalue weighted by atomic mass is 10.2. The quantitative estimate of drug-likeness (QED) is 0.803. The number of carboxylic acids is 1. The summed E-state index contributed by atoms with van der Waals surface area (Å²) in [4.78, 5) is 23.3. The van der Waals surface area contributed by atoms with Gasteiger partial charge in [-0.3, -0.25) is 4.79 Å². The molecule has 9 nitrogen and oxygen atoms in total. The van der Waals surface area contributed by atoms with Gasteiger partial charge in [-0.1, -0.05) is 5.16 Å². The van der Waals surface area contributed by atoms with Crippen LogP contribution in [0.3, 0.4) is 0 Å². The smallest absolute Gasteiger partial charge is 0.357 e. The molecule has 0 aromatic carbocycles. The largest absolute Gasteiger partial charge is 0.476 e. The molecule has 0 aliphatic heterocycles. The highest BCUT2D eigenvalue weighted by molar-refractivity contribution is 7.90. The van der Waals surface area contributed by atoms with Crippen molar-refractivity contribution in [2.45, 2.75) is 19.9 Å². The number of aromatic nitrogens is 3. The van der Waals surface area contributed by atoms with Gasteiger partial charge in [-0.15, -0.1) is 0 Å². The SMILES string of the molecule is Cc1onc2c(=O)n(CCCS(C)(=O)=O)nc(C(=O)O)c12. The van der Waals surface area contributed by atoms with Gasteiger partial charge in [0, 0.05) is 12.8 Å². The van der Waals surface area contributed by atoms with Gasteiger partial charge in [-0.2, -0.15) is 5.10 Å². The fourth-order valence-corrected chi connectivity index (χ4v) is 2.57. The van der Waals surface area contributed by atoms with E-state index in [9.17, 15) is 18.0 Å². The zero-order chi connectivity index (χ0) is 15.8. The lowest BCUT2D eigenvalue weighted by Gasteiger charge is -2.05. The number of nitrogens with zero attached hydrogens (tertiary/aromatic N) is 3. The Bertz CT molecular complexity index is 864. The lowest BCUT2D eigenvalue weighted by molar-refractivity contribution is 0.0689. The Morgan fingerprint density at radius 1 is 1.43 bits per heavy atom. The number of carboxylic acid groups (broad SMARTS) is 1. The molecule has 0 saturated carbocycles. The maximum Gasteiger partial charge on any atom is 0.357 e. The van der Waals surface area contributed by atoms with Crippen LogP contribution < -0.4 is 5.56 Å². The Hall–Kier alpha value is -2.23. The monoisotopic (exact) mass is 315 g/mol. The molecule has 21 heavy (non-hydrogen) atoms. The summed E-state index contributed by atoms with van der Waals surface area (Å²) in [5.74, 6) is -1.25. The molecule has 0 fully saturated rings. The maximum absolute atomic E-state index is 12.1. The Morgan fingerprint density at radius 2 is 2.10 bits per heavy atom. The number of fused-ring (bicyclic) bond motifs is 1. The van der Waals surface area contributed by atoms with Gasteiger partial charge in [0.15, 0.2) is 11.2 Å². The third-order valence-electron chi connectivity index (χ3n) is 2.84. The van der Waals surface area contributed by atoms with Crippen LogP contribution in [-0.2, 0) is 16.4 Å². The first-order valence-corrected chi connectivity index (χ1v) is 8.05. The van der Waals surface area contributed by atoms with Crippen molar-refractivity contribution in [3.63, 3.8) is 0 Å². The standard InChI is InChI=1S/C11H13N3O6S/c1-6-7-8(13-20-6)10(15)14(12-9(7)11(16)17)4-3-5-21(2,18)19/h3-5H2,1-2H3,(H,16,17). The minimum absolute atomic E-state index is 0.0198. The molecule has 0 atom stereocenters. The van der Waals surface area contributed by atoms with Gasteiger partial charge < -0.3 is 9.63 Å². The van der Waals surface area contributed by atoms with E-state index in [1.807, 2.05) is 0 Å². The van der Waals surface area contributed by atoms with Crippen LogP contribution in [0.4, 0.5) is 0 Å². The van der Waals surface area contributed by atoms with Crippen molar-refractivity contribution >= 4 is 26.7 Å². The van der Waals surface area contributed by atoms with Crippen molar-refractivity contribution in [1.82, 2.24) is 14.9 Å². The molecule has 2 aromatic heterocycles. The predicted octanol–water partition coefficient (Wildman–Crippen LogP) is -0.174. The van der Waals surface area contributed by atoms with E-state index < -0.39 is 21.4 Å². The summed E-state index contributed by atoms with van der Waals surface area (Å²) in [6.07, 6.45) is 1.23. The summed E-state index contributed by atoms with van der Waals surface area (Å²) in [7, 11) is -3.17. The van der Waals surface area contributed by atoms with E-state index >= 15 is 0 Å². The summed E-state index contributed by atoms with van der Waals surface area (Å²) in [5.41, 5.74) is -1.08. The molecule has 0 spiro atoms. The molecule has 1 N–H and O–H groups in total. The van der Waals surface area contributed by atoms with Gasteiger partial charge in [-0.05, 0) is 13.3 Å². The van der Waals surface area contributed by atoms with Gasteiger partial charge in [-0.25, -0.2) is 17.9 Å². The number of hydrogen-bond donors (Lipinski definition) is 1. The third-order valence-corrected chi connectivity index (χ3v) is 3.88. The highest BCUT2D eigenvalue weighted by atomic mass is 32.2. The molecule has 0 saturated heterocycles. The average Bonchev–Trinajstić information content (AvgIpc) is 2.73. The number of aromatic carboxylic acids is 1. The summed E-state index contributed by atoms with van der Waals surface area (Å²) in [6.45, 7) is 1.46. The first kappa shape index (κ1) is 15.2. The van der Waals surface area contributed by atoms with Gasteiger partial charge >= 0.3 is 5.97 Å². The lowest BCUT2D eigenvalue weighted by Crippen LogP contribution is -2.27. The molecule has 0 bridgehead atoms. The number of hydrogen-bond acceptors (Lipinski definition) is 7. The molecular formula is C11H13N3O6S. The van der Waals surface area contributed by atoms with E-state index in [4.69, 9.17) is 9.63 Å². The van der Waals surface area contributed by atoms with E-state index in [1.165, 1.54) is 6.92 Å². The van der Waals surface area contributed by atoms with Crippen LogP contribution >= 0.6 is 0 Å². The molecule has 114 valence electrons. The maximum atomic E-state index is 12.1. The van der Waals surface area contributed by atoms with Gasteiger partial charge in [0.25, 0.3) is 5.56 Å². The van der Waals surface area contributed by atoms with E-state index in [2.05, 4.69) is 10.3 Å². The fraction of sp³-hybridized carbons (Fsp3) is 0.455. The number of aryl methyl sites for hydroxylation is 2.